The second-order valence-electron chi connectivity index (χ2n) is 7.91. The van der Waals surface area contributed by atoms with Crippen LogP contribution < -0.4 is 5.32 Å². The van der Waals surface area contributed by atoms with Crippen molar-refractivity contribution >= 4 is 28.3 Å². The van der Waals surface area contributed by atoms with E-state index in [1.807, 2.05) is 91.9 Å². The molecule has 4 heteroatoms. The van der Waals surface area contributed by atoms with Crippen LogP contribution in [0.3, 0.4) is 0 Å². The maximum atomic E-state index is 13.9. The van der Waals surface area contributed by atoms with Crippen molar-refractivity contribution in [2.75, 3.05) is 11.9 Å². The molecule has 0 radical (unpaired) electrons. The molecule has 0 aromatic heterocycles. The lowest BCUT2D eigenvalue weighted by Crippen LogP contribution is -2.39. The van der Waals surface area contributed by atoms with Gasteiger partial charge in [0.25, 0.3) is 5.91 Å². The number of aryl methyl sites for hydroxylation is 1. The van der Waals surface area contributed by atoms with Crippen molar-refractivity contribution in [3.63, 3.8) is 0 Å². The number of rotatable bonds is 2. The molecule has 31 heavy (non-hydrogen) atoms. The second kappa shape index (κ2) is 7.73. The van der Waals surface area contributed by atoms with Gasteiger partial charge in [-0.3, -0.25) is 9.59 Å². The van der Waals surface area contributed by atoms with Crippen molar-refractivity contribution < 1.29 is 9.59 Å². The molecule has 0 bridgehead atoms. The Balaban J connectivity index is 1.71. The van der Waals surface area contributed by atoms with Crippen molar-refractivity contribution in [1.29, 1.82) is 0 Å². The molecule has 0 saturated heterocycles. The summed E-state index contributed by atoms with van der Waals surface area (Å²) in [6, 6.07) is 29.1. The first-order valence-corrected chi connectivity index (χ1v) is 10.4. The predicted molar refractivity (Wildman–Crippen MR) is 123 cm³/mol. The third kappa shape index (κ3) is 3.46. The van der Waals surface area contributed by atoms with Crippen LogP contribution in [0.4, 0.5) is 5.69 Å². The maximum Gasteiger partial charge on any atom is 0.255 e. The van der Waals surface area contributed by atoms with Crippen molar-refractivity contribution in [2.45, 2.75) is 13.0 Å². The molecule has 5 rings (SSSR count). The number of carbonyl (C=O) groups is 2. The fourth-order valence-corrected chi connectivity index (χ4v) is 4.38. The third-order valence-corrected chi connectivity index (χ3v) is 5.80. The van der Waals surface area contributed by atoms with Crippen molar-refractivity contribution in [3.8, 4) is 0 Å². The first-order chi connectivity index (χ1) is 15.1. The van der Waals surface area contributed by atoms with Crippen LogP contribution in [0, 0.1) is 6.92 Å². The highest BCUT2D eigenvalue weighted by atomic mass is 16.2. The average Bonchev–Trinajstić information content (AvgIpc) is 2.94. The van der Waals surface area contributed by atoms with E-state index >= 15 is 0 Å². The SMILES string of the molecule is Cc1ccc2c(c1)C(c1ccccc1)N(C(=O)c1cccc3ccccc13)CC(=O)N2. The Morgan fingerprint density at radius 2 is 1.65 bits per heavy atom. The molecule has 0 aliphatic carbocycles. The number of hydrogen-bond acceptors (Lipinski definition) is 2. The molecule has 4 nitrogen and oxygen atoms in total. The number of carbonyl (C=O) groups excluding carboxylic acids is 2. The smallest absolute Gasteiger partial charge is 0.255 e. The normalized spacial score (nSPS) is 15.8. The summed E-state index contributed by atoms with van der Waals surface area (Å²) >= 11 is 0. The first-order valence-electron chi connectivity index (χ1n) is 10.4. The molecule has 1 aliphatic heterocycles. The fraction of sp³-hybridized carbons (Fsp3) is 0.111. The van der Waals surface area contributed by atoms with Crippen molar-refractivity contribution in [1.82, 2.24) is 4.90 Å². The van der Waals surface area contributed by atoms with Crippen LogP contribution in [0.2, 0.25) is 0 Å². The van der Waals surface area contributed by atoms with E-state index in [9.17, 15) is 9.59 Å². The first kappa shape index (κ1) is 19.1. The molecule has 152 valence electrons. The Hall–Kier alpha value is -3.92. The minimum absolute atomic E-state index is 0.0185. The molecule has 0 fully saturated rings. The van der Waals surface area contributed by atoms with Gasteiger partial charge in [0.15, 0.2) is 0 Å². The van der Waals surface area contributed by atoms with Crippen molar-refractivity contribution in [2.24, 2.45) is 0 Å². The number of nitrogens with zero attached hydrogens (tertiary/aromatic N) is 1. The lowest BCUT2D eigenvalue weighted by Gasteiger charge is -2.31. The highest BCUT2D eigenvalue weighted by Crippen LogP contribution is 2.37. The highest BCUT2D eigenvalue weighted by Gasteiger charge is 2.34. The minimum Gasteiger partial charge on any atom is -0.324 e. The van der Waals surface area contributed by atoms with Crippen LogP contribution in [0.5, 0.6) is 0 Å². The molecule has 1 aliphatic rings. The molecule has 4 aromatic rings. The number of benzene rings is 4. The molecular formula is C27H22N2O2. The second-order valence-corrected chi connectivity index (χ2v) is 7.91. The Bertz CT molecular complexity index is 1290. The maximum absolute atomic E-state index is 13.9. The largest absolute Gasteiger partial charge is 0.324 e. The Morgan fingerprint density at radius 3 is 2.48 bits per heavy atom. The summed E-state index contributed by atoms with van der Waals surface area (Å²) in [6.07, 6.45) is 0. The van der Waals surface area contributed by atoms with Gasteiger partial charge in [-0.2, -0.15) is 0 Å². The molecule has 4 aromatic carbocycles. The molecule has 1 heterocycles. The lowest BCUT2D eigenvalue weighted by atomic mass is 9.93. The Labute approximate surface area is 181 Å². The third-order valence-electron chi connectivity index (χ3n) is 5.80. The van der Waals surface area contributed by atoms with Crippen molar-refractivity contribution in [3.05, 3.63) is 113 Å². The molecule has 1 atom stereocenters. The standard InChI is InChI=1S/C27H22N2O2/c1-18-14-15-24-23(16-18)26(20-9-3-2-4-10-20)29(17-25(30)28-24)27(31)22-13-7-11-19-8-5-6-12-21(19)22/h2-16,26H,17H2,1H3,(H,28,30). The van der Waals surface area contributed by atoms with E-state index in [1.165, 1.54) is 0 Å². The molecule has 0 saturated carbocycles. The Morgan fingerprint density at radius 1 is 0.903 bits per heavy atom. The van der Waals surface area contributed by atoms with Crippen LogP contribution in [0.15, 0.2) is 91.0 Å². The number of fused-ring (bicyclic) bond motifs is 2. The van der Waals surface area contributed by atoms with Gasteiger partial charge in [-0.05, 0) is 35.4 Å². The average molecular weight is 406 g/mol. The molecule has 2 amide bonds. The quantitative estimate of drug-likeness (QED) is 0.489. The number of anilines is 1. The van der Waals surface area contributed by atoms with Gasteiger partial charge < -0.3 is 10.2 Å². The molecule has 1 N–H and O–H groups in total. The van der Waals surface area contributed by atoms with Crippen LogP contribution in [-0.2, 0) is 4.79 Å². The molecule has 1 unspecified atom stereocenters. The molecule has 0 spiro atoms. The topological polar surface area (TPSA) is 49.4 Å². The monoisotopic (exact) mass is 406 g/mol. The summed E-state index contributed by atoms with van der Waals surface area (Å²) < 4.78 is 0. The summed E-state index contributed by atoms with van der Waals surface area (Å²) in [5, 5.41) is 4.88. The van der Waals surface area contributed by atoms with Gasteiger partial charge in [0.1, 0.15) is 6.54 Å². The van der Waals surface area contributed by atoms with Crippen LogP contribution in [-0.4, -0.2) is 23.3 Å². The molecular weight excluding hydrogens is 384 g/mol. The van der Waals surface area contributed by atoms with Crippen LogP contribution in [0.25, 0.3) is 10.8 Å². The van der Waals surface area contributed by atoms with Gasteiger partial charge in [0.2, 0.25) is 5.91 Å². The number of nitrogens with one attached hydrogen (secondary N) is 1. The summed E-state index contributed by atoms with van der Waals surface area (Å²) in [7, 11) is 0. The van der Waals surface area contributed by atoms with Gasteiger partial charge in [-0.1, -0.05) is 84.4 Å². The minimum atomic E-state index is -0.374. The van der Waals surface area contributed by atoms with Crippen LogP contribution in [0.1, 0.15) is 33.1 Å². The van der Waals surface area contributed by atoms with E-state index in [4.69, 9.17) is 0 Å². The summed E-state index contributed by atoms with van der Waals surface area (Å²) in [5.41, 5.74) is 4.32. The summed E-state index contributed by atoms with van der Waals surface area (Å²) in [6.45, 7) is 2.00. The van der Waals surface area contributed by atoms with E-state index in [0.29, 0.717) is 5.56 Å². The summed E-state index contributed by atoms with van der Waals surface area (Å²) in [4.78, 5) is 28.4. The van der Waals surface area contributed by atoms with E-state index in [2.05, 4.69) is 11.4 Å². The van der Waals surface area contributed by atoms with Gasteiger partial charge >= 0.3 is 0 Å². The van der Waals surface area contributed by atoms with E-state index < -0.39 is 0 Å². The van der Waals surface area contributed by atoms with E-state index in [-0.39, 0.29) is 24.4 Å². The van der Waals surface area contributed by atoms with Gasteiger partial charge in [-0.25, -0.2) is 0 Å². The number of hydrogen-bond donors (Lipinski definition) is 1. The van der Waals surface area contributed by atoms with Gasteiger partial charge in [0.05, 0.1) is 6.04 Å². The van der Waals surface area contributed by atoms with E-state index in [1.54, 1.807) is 4.90 Å². The zero-order chi connectivity index (χ0) is 21.4. The highest BCUT2D eigenvalue weighted by molar-refractivity contribution is 6.09. The number of amides is 2. The van der Waals surface area contributed by atoms with Crippen LogP contribution >= 0.6 is 0 Å². The van der Waals surface area contributed by atoms with E-state index in [0.717, 1.165) is 33.2 Å². The summed E-state index contributed by atoms with van der Waals surface area (Å²) in [5.74, 6) is -0.354. The zero-order valence-corrected chi connectivity index (χ0v) is 17.2. The lowest BCUT2D eigenvalue weighted by molar-refractivity contribution is -0.117. The Kier molecular flexibility index (Phi) is 4.75. The predicted octanol–water partition coefficient (Wildman–Crippen LogP) is 5.33. The van der Waals surface area contributed by atoms with Gasteiger partial charge in [-0.15, -0.1) is 0 Å². The fourth-order valence-electron chi connectivity index (χ4n) is 4.38. The zero-order valence-electron chi connectivity index (χ0n) is 17.2. The van der Waals surface area contributed by atoms with Gasteiger partial charge in [0, 0.05) is 16.8 Å².